The molecule has 1 aliphatic heterocycles. The van der Waals surface area contributed by atoms with E-state index in [-0.39, 0.29) is 11.7 Å². The maximum absolute atomic E-state index is 13.4. The number of amides is 1. The van der Waals surface area contributed by atoms with Gasteiger partial charge in [0, 0.05) is 41.5 Å². The van der Waals surface area contributed by atoms with Crippen molar-refractivity contribution in [3.05, 3.63) is 48.0 Å². The minimum atomic E-state index is -2.54. The van der Waals surface area contributed by atoms with Gasteiger partial charge >= 0.3 is 6.09 Å². The maximum atomic E-state index is 13.4. The molecular weight excluding hydrogens is 422 g/mol. The van der Waals surface area contributed by atoms with E-state index in [4.69, 9.17) is 9.47 Å². The number of benzene rings is 2. The number of ether oxygens (including phenoxy) is 2. The van der Waals surface area contributed by atoms with Crippen LogP contribution in [-0.2, 0) is 4.74 Å². The molecular formula is C23H28F2N2O3S. The molecule has 1 amide bonds. The van der Waals surface area contributed by atoms with Crippen LogP contribution in [0.1, 0.15) is 32.8 Å². The Hall–Kier alpha value is -2.48. The molecule has 0 aliphatic carbocycles. The Balaban J connectivity index is 1.77. The fourth-order valence-electron chi connectivity index (χ4n) is 3.23. The van der Waals surface area contributed by atoms with Gasteiger partial charge in [-0.15, -0.1) is 0 Å². The first-order valence-corrected chi connectivity index (χ1v) is 10.9. The van der Waals surface area contributed by atoms with Gasteiger partial charge in [-0.2, -0.15) is 0 Å². The summed E-state index contributed by atoms with van der Waals surface area (Å²) in [6.07, 6.45) is -2.89. The van der Waals surface area contributed by atoms with Crippen LogP contribution in [-0.4, -0.2) is 49.9 Å². The van der Waals surface area contributed by atoms with Crippen LogP contribution in [0.2, 0.25) is 0 Å². The third kappa shape index (κ3) is 6.26. The zero-order chi connectivity index (χ0) is 22.6. The molecule has 5 nitrogen and oxygen atoms in total. The van der Waals surface area contributed by atoms with Gasteiger partial charge in [-0.25, -0.2) is 13.6 Å². The number of alkyl halides is 2. The minimum Gasteiger partial charge on any atom is -0.497 e. The first-order chi connectivity index (χ1) is 14.7. The zero-order valence-corrected chi connectivity index (χ0v) is 19.0. The summed E-state index contributed by atoms with van der Waals surface area (Å²) in [6.45, 7) is 7.53. The fraction of sp³-hybridized carbons (Fsp3) is 0.435. The van der Waals surface area contributed by atoms with Gasteiger partial charge in [-0.05, 0) is 57.2 Å². The number of hydrogen-bond acceptors (Lipinski definition) is 5. The summed E-state index contributed by atoms with van der Waals surface area (Å²) in [4.78, 5) is 17.9. The number of nitrogens with zero attached hydrogens (tertiary/aromatic N) is 2. The lowest BCUT2D eigenvalue weighted by atomic mass is 10.1. The van der Waals surface area contributed by atoms with Gasteiger partial charge in [0.25, 0.3) is 6.43 Å². The van der Waals surface area contributed by atoms with E-state index in [0.717, 1.165) is 21.2 Å². The van der Waals surface area contributed by atoms with Gasteiger partial charge < -0.3 is 19.3 Å². The molecule has 1 aliphatic rings. The van der Waals surface area contributed by atoms with Gasteiger partial charge in [0.2, 0.25) is 0 Å². The highest BCUT2D eigenvalue weighted by Gasteiger charge is 2.27. The van der Waals surface area contributed by atoms with Gasteiger partial charge in [0.15, 0.2) is 0 Å². The van der Waals surface area contributed by atoms with Gasteiger partial charge in [0.1, 0.15) is 11.4 Å². The molecule has 8 heteroatoms. The van der Waals surface area contributed by atoms with Crippen molar-refractivity contribution >= 4 is 23.5 Å². The van der Waals surface area contributed by atoms with E-state index in [2.05, 4.69) is 4.90 Å². The summed E-state index contributed by atoms with van der Waals surface area (Å²) in [5, 5.41) is 0. The van der Waals surface area contributed by atoms with Crippen LogP contribution in [0.3, 0.4) is 0 Å². The Morgan fingerprint density at radius 1 is 1.03 bits per heavy atom. The van der Waals surface area contributed by atoms with Gasteiger partial charge in [-0.3, -0.25) is 0 Å². The number of rotatable bonds is 5. The second-order valence-corrected chi connectivity index (χ2v) is 9.38. The predicted octanol–water partition coefficient (Wildman–Crippen LogP) is 5.84. The second-order valence-electron chi connectivity index (χ2n) is 8.26. The van der Waals surface area contributed by atoms with Crippen LogP contribution in [0.25, 0.3) is 0 Å². The Morgan fingerprint density at radius 2 is 1.68 bits per heavy atom. The van der Waals surface area contributed by atoms with Gasteiger partial charge in [0.05, 0.1) is 12.8 Å². The predicted molar refractivity (Wildman–Crippen MR) is 119 cm³/mol. The molecule has 0 unspecified atom stereocenters. The van der Waals surface area contributed by atoms with Crippen LogP contribution < -0.4 is 9.64 Å². The van der Waals surface area contributed by atoms with Crippen LogP contribution in [0.5, 0.6) is 5.75 Å². The zero-order valence-electron chi connectivity index (χ0n) is 18.2. The Kier molecular flexibility index (Phi) is 7.30. The molecule has 0 N–H and O–H groups in total. The first-order valence-electron chi connectivity index (χ1n) is 10.1. The average Bonchev–Trinajstić information content (AvgIpc) is 2.73. The topological polar surface area (TPSA) is 42.0 Å². The molecule has 2 aromatic rings. The number of anilines is 1. The molecule has 1 fully saturated rings. The highest BCUT2D eigenvalue weighted by atomic mass is 32.2. The van der Waals surface area contributed by atoms with Crippen molar-refractivity contribution in [1.29, 1.82) is 0 Å². The summed E-state index contributed by atoms with van der Waals surface area (Å²) < 4.78 is 37.4. The van der Waals surface area contributed by atoms with Crippen molar-refractivity contribution in [2.75, 3.05) is 38.2 Å². The quantitative estimate of drug-likeness (QED) is 0.572. The van der Waals surface area contributed by atoms with E-state index < -0.39 is 12.0 Å². The number of carbonyl (C=O) groups excluding carboxylic acids is 1. The van der Waals surface area contributed by atoms with Crippen molar-refractivity contribution in [2.45, 2.75) is 42.6 Å². The summed E-state index contributed by atoms with van der Waals surface area (Å²) >= 11 is 1.52. The van der Waals surface area contributed by atoms with E-state index in [1.165, 1.54) is 17.8 Å². The summed E-state index contributed by atoms with van der Waals surface area (Å²) in [6, 6.07) is 12.4. The van der Waals surface area contributed by atoms with E-state index in [0.29, 0.717) is 26.2 Å². The van der Waals surface area contributed by atoms with Crippen LogP contribution in [0.4, 0.5) is 19.3 Å². The normalized spacial score (nSPS) is 14.7. The van der Waals surface area contributed by atoms with Crippen molar-refractivity contribution in [1.82, 2.24) is 4.90 Å². The number of carbonyl (C=O) groups is 1. The summed E-state index contributed by atoms with van der Waals surface area (Å²) in [7, 11) is 1.61. The molecule has 3 rings (SSSR count). The summed E-state index contributed by atoms with van der Waals surface area (Å²) in [5.41, 5.74) is 0.188. The summed E-state index contributed by atoms with van der Waals surface area (Å²) in [5.74, 6) is 0.760. The van der Waals surface area contributed by atoms with Gasteiger partial charge in [-0.1, -0.05) is 17.8 Å². The van der Waals surface area contributed by atoms with Crippen molar-refractivity contribution in [3.63, 3.8) is 0 Å². The Labute approximate surface area is 186 Å². The van der Waals surface area contributed by atoms with E-state index in [1.807, 2.05) is 45.0 Å². The number of piperazine rings is 1. The molecule has 31 heavy (non-hydrogen) atoms. The molecule has 0 bridgehead atoms. The fourth-order valence-corrected chi connectivity index (χ4v) is 4.19. The van der Waals surface area contributed by atoms with E-state index in [1.54, 1.807) is 24.1 Å². The molecule has 0 spiro atoms. The number of halogens is 2. The van der Waals surface area contributed by atoms with Crippen molar-refractivity contribution in [2.24, 2.45) is 0 Å². The van der Waals surface area contributed by atoms with Crippen molar-refractivity contribution < 1.29 is 23.0 Å². The smallest absolute Gasteiger partial charge is 0.410 e. The molecule has 0 aromatic heterocycles. The van der Waals surface area contributed by atoms with Crippen molar-refractivity contribution in [3.8, 4) is 5.75 Å². The molecule has 1 saturated heterocycles. The molecule has 0 atom stereocenters. The second kappa shape index (κ2) is 9.77. The highest BCUT2D eigenvalue weighted by Crippen LogP contribution is 2.38. The standard InChI is InChI=1S/C23H28F2N2O3S/c1-23(2,3)30-22(28)27-13-11-26(12-14-27)19-15-16(21(24)25)5-10-20(19)31-18-8-6-17(29-4)7-9-18/h5-10,15,21H,11-14H2,1-4H3. The molecule has 0 radical (unpaired) electrons. The number of hydrogen-bond donors (Lipinski definition) is 0. The van der Waals surface area contributed by atoms with Crippen LogP contribution in [0, 0.1) is 0 Å². The average molecular weight is 451 g/mol. The largest absolute Gasteiger partial charge is 0.497 e. The molecule has 0 saturated carbocycles. The number of methoxy groups -OCH3 is 1. The monoisotopic (exact) mass is 450 g/mol. The Bertz CT molecular complexity index is 893. The first kappa shape index (κ1) is 23.2. The Morgan fingerprint density at radius 3 is 2.23 bits per heavy atom. The molecule has 1 heterocycles. The lowest BCUT2D eigenvalue weighted by molar-refractivity contribution is 0.0240. The minimum absolute atomic E-state index is 0.0105. The molecule has 168 valence electrons. The lowest BCUT2D eigenvalue weighted by Crippen LogP contribution is -2.50. The maximum Gasteiger partial charge on any atom is 0.410 e. The van der Waals surface area contributed by atoms with Crippen LogP contribution >= 0.6 is 11.8 Å². The SMILES string of the molecule is COc1ccc(Sc2ccc(C(F)F)cc2N2CCN(C(=O)OC(C)(C)C)CC2)cc1. The van der Waals surface area contributed by atoms with Crippen LogP contribution in [0.15, 0.2) is 52.3 Å². The highest BCUT2D eigenvalue weighted by molar-refractivity contribution is 7.99. The molecule has 2 aromatic carbocycles. The third-order valence-electron chi connectivity index (χ3n) is 4.79. The third-order valence-corrected chi connectivity index (χ3v) is 5.87. The lowest BCUT2D eigenvalue weighted by Gasteiger charge is -2.37. The van der Waals surface area contributed by atoms with E-state index >= 15 is 0 Å². The van der Waals surface area contributed by atoms with E-state index in [9.17, 15) is 13.6 Å².